The molecule has 0 aliphatic carbocycles. The van der Waals surface area contributed by atoms with Gasteiger partial charge in [0.2, 0.25) is 0 Å². The SMILES string of the molecule is CCC1CCNC1(C)C.CCCC1(CCC)CCNC1. The van der Waals surface area contributed by atoms with Gasteiger partial charge in [0.25, 0.3) is 0 Å². The summed E-state index contributed by atoms with van der Waals surface area (Å²) >= 11 is 0. The van der Waals surface area contributed by atoms with Crippen molar-refractivity contribution < 1.29 is 0 Å². The highest BCUT2D eigenvalue weighted by Gasteiger charge is 2.32. The summed E-state index contributed by atoms with van der Waals surface area (Å²) in [7, 11) is 0. The highest BCUT2D eigenvalue weighted by molar-refractivity contribution is 4.91. The van der Waals surface area contributed by atoms with Crippen LogP contribution < -0.4 is 10.6 Å². The summed E-state index contributed by atoms with van der Waals surface area (Å²) in [5.74, 6) is 0.900. The topological polar surface area (TPSA) is 24.1 Å². The van der Waals surface area contributed by atoms with Crippen LogP contribution in [0.25, 0.3) is 0 Å². The summed E-state index contributed by atoms with van der Waals surface area (Å²) < 4.78 is 0. The molecule has 1 unspecified atom stereocenters. The molecule has 0 amide bonds. The Balaban J connectivity index is 0.000000204. The zero-order valence-electron chi connectivity index (χ0n) is 14.6. The van der Waals surface area contributed by atoms with Crippen LogP contribution in [0, 0.1) is 11.3 Å². The summed E-state index contributed by atoms with van der Waals surface area (Å²) in [6.45, 7) is 15.2. The Morgan fingerprint density at radius 2 is 1.65 bits per heavy atom. The molecule has 2 nitrogen and oxygen atoms in total. The molecule has 2 rings (SSSR count). The van der Waals surface area contributed by atoms with Gasteiger partial charge in [0.1, 0.15) is 0 Å². The van der Waals surface area contributed by atoms with Crippen molar-refractivity contribution in [2.45, 2.75) is 85.1 Å². The third-order valence-corrected chi connectivity index (χ3v) is 5.48. The molecule has 120 valence electrons. The third-order valence-electron chi connectivity index (χ3n) is 5.48. The molecular weight excluding hydrogens is 244 g/mol. The highest BCUT2D eigenvalue weighted by Crippen LogP contribution is 2.35. The molecule has 20 heavy (non-hydrogen) atoms. The first-order valence-electron chi connectivity index (χ1n) is 8.95. The number of rotatable bonds is 5. The number of hydrogen-bond donors (Lipinski definition) is 2. The monoisotopic (exact) mass is 282 g/mol. The van der Waals surface area contributed by atoms with Gasteiger partial charge in [-0.15, -0.1) is 0 Å². The molecule has 2 aliphatic rings. The molecule has 0 spiro atoms. The van der Waals surface area contributed by atoms with Gasteiger partial charge in [-0.05, 0) is 64.0 Å². The minimum Gasteiger partial charge on any atom is -0.316 e. The Morgan fingerprint density at radius 3 is 1.95 bits per heavy atom. The van der Waals surface area contributed by atoms with E-state index < -0.39 is 0 Å². The quantitative estimate of drug-likeness (QED) is 0.783. The molecular formula is C18H38N2. The molecule has 0 saturated carbocycles. The second kappa shape index (κ2) is 8.38. The molecule has 2 fully saturated rings. The first kappa shape index (κ1) is 18.0. The molecule has 2 saturated heterocycles. The van der Waals surface area contributed by atoms with Gasteiger partial charge >= 0.3 is 0 Å². The molecule has 0 radical (unpaired) electrons. The fourth-order valence-electron chi connectivity index (χ4n) is 4.20. The third kappa shape index (κ3) is 5.04. The van der Waals surface area contributed by atoms with Crippen LogP contribution in [0.5, 0.6) is 0 Å². The summed E-state index contributed by atoms with van der Waals surface area (Å²) in [4.78, 5) is 0. The Kier molecular flexibility index (Phi) is 7.53. The van der Waals surface area contributed by atoms with Crippen molar-refractivity contribution in [2.75, 3.05) is 19.6 Å². The fourth-order valence-corrected chi connectivity index (χ4v) is 4.20. The van der Waals surface area contributed by atoms with Crippen molar-refractivity contribution in [1.29, 1.82) is 0 Å². The summed E-state index contributed by atoms with van der Waals surface area (Å²) in [6, 6.07) is 0. The molecule has 0 aromatic carbocycles. The van der Waals surface area contributed by atoms with E-state index in [4.69, 9.17) is 0 Å². The van der Waals surface area contributed by atoms with Crippen LogP contribution in [0.2, 0.25) is 0 Å². The highest BCUT2D eigenvalue weighted by atomic mass is 15.0. The van der Waals surface area contributed by atoms with Gasteiger partial charge in [-0.1, -0.05) is 40.0 Å². The molecule has 0 bridgehead atoms. The van der Waals surface area contributed by atoms with Gasteiger partial charge in [-0.3, -0.25) is 0 Å². The van der Waals surface area contributed by atoms with E-state index in [0.717, 1.165) is 5.92 Å². The minimum absolute atomic E-state index is 0.411. The van der Waals surface area contributed by atoms with E-state index in [9.17, 15) is 0 Å². The standard InChI is InChI=1S/C10H21N.C8H17N/c1-3-5-10(6-4-2)7-8-11-9-10;1-4-7-5-6-9-8(7,2)3/h11H,3-9H2,1-2H3;7,9H,4-6H2,1-3H3. The van der Waals surface area contributed by atoms with E-state index in [1.165, 1.54) is 64.6 Å². The fraction of sp³-hybridized carbons (Fsp3) is 1.00. The average Bonchev–Trinajstić information content (AvgIpc) is 2.97. The Morgan fingerprint density at radius 1 is 1.00 bits per heavy atom. The molecule has 0 aromatic heterocycles. The van der Waals surface area contributed by atoms with Crippen molar-refractivity contribution in [3.63, 3.8) is 0 Å². The maximum atomic E-state index is 3.50. The molecule has 1 atom stereocenters. The van der Waals surface area contributed by atoms with Gasteiger partial charge in [0, 0.05) is 12.1 Å². The Hall–Kier alpha value is -0.0800. The zero-order valence-corrected chi connectivity index (χ0v) is 14.6. The number of hydrogen-bond acceptors (Lipinski definition) is 2. The molecule has 2 heterocycles. The maximum absolute atomic E-state index is 3.50. The van der Waals surface area contributed by atoms with Crippen LogP contribution in [0.3, 0.4) is 0 Å². The first-order valence-corrected chi connectivity index (χ1v) is 8.95. The van der Waals surface area contributed by atoms with Crippen LogP contribution in [-0.4, -0.2) is 25.2 Å². The van der Waals surface area contributed by atoms with Gasteiger partial charge in [-0.25, -0.2) is 0 Å². The van der Waals surface area contributed by atoms with Crippen LogP contribution in [0.4, 0.5) is 0 Å². The van der Waals surface area contributed by atoms with Crippen molar-refractivity contribution in [2.24, 2.45) is 11.3 Å². The van der Waals surface area contributed by atoms with E-state index in [1.807, 2.05) is 0 Å². The predicted octanol–water partition coefficient (Wildman–Crippen LogP) is 4.35. The minimum atomic E-state index is 0.411. The Labute approximate surface area is 127 Å². The normalized spacial score (nSPS) is 27.1. The van der Waals surface area contributed by atoms with E-state index >= 15 is 0 Å². The maximum Gasteiger partial charge on any atom is 0.0153 e. The lowest BCUT2D eigenvalue weighted by molar-refractivity contribution is 0.265. The van der Waals surface area contributed by atoms with Crippen LogP contribution in [-0.2, 0) is 0 Å². The van der Waals surface area contributed by atoms with Crippen LogP contribution >= 0.6 is 0 Å². The lowest BCUT2D eigenvalue weighted by Crippen LogP contribution is -2.37. The summed E-state index contributed by atoms with van der Waals surface area (Å²) in [6.07, 6.45) is 9.64. The predicted molar refractivity (Wildman–Crippen MR) is 90.2 cm³/mol. The Bertz CT molecular complexity index is 246. The largest absolute Gasteiger partial charge is 0.316 e. The lowest BCUT2D eigenvalue weighted by Gasteiger charge is -2.27. The number of nitrogens with one attached hydrogen (secondary N) is 2. The zero-order chi connectivity index (χ0) is 15.1. The second-order valence-electron chi connectivity index (χ2n) is 7.47. The van der Waals surface area contributed by atoms with E-state index in [1.54, 1.807) is 0 Å². The van der Waals surface area contributed by atoms with Crippen molar-refractivity contribution in [3.8, 4) is 0 Å². The molecule has 0 aromatic rings. The van der Waals surface area contributed by atoms with Gasteiger partial charge in [-0.2, -0.15) is 0 Å². The lowest BCUT2D eigenvalue weighted by atomic mass is 9.79. The molecule has 2 heteroatoms. The first-order chi connectivity index (χ1) is 9.49. The van der Waals surface area contributed by atoms with Crippen molar-refractivity contribution >= 4 is 0 Å². The van der Waals surface area contributed by atoms with Gasteiger partial charge in [0.15, 0.2) is 0 Å². The van der Waals surface area contributed by atoms with E-state index in [2.05, 4.69) is 45.3 Å². The van der Waals surface area contributed by atoms with Crippen LogP contribution in [0.15, 0.2) is 0 Å². The summed E-state index contributed by atoms with van der Waals surface area (Å²) in [5.41, 5.74) is 1.10. The summed E-state index contributed by atoms with van der Waals surface area (Å²) in [5, 5.41) is 6.98. The van der Waals surface area contributed by atoms with E-state index in [0.29, 0.717) is 11.0 Å². The van der Waals surface area contributed by atoms with E-state index in [-0.39, 0.29) is 0 Å². The van der Waals surface area contributed by atoms with Crippen molar-refractivity contribution in [1.82, 2.24) is 10.6 Å². The smallest absolute Gasteiger partial charge is 0.0153 e. The second-order valence-corrected chi connectivity index (χ2v) is 7.47. The average molecular weight is 283 g/mol. The molecule has 2 aliphatic heterocycles. The molecule has 2 N–H and O–H groups in total. The van der Waals surface area contributed by atoms with Crippen molar-refractivity contribution in [3.05, 3.63) is 0 Å². The van der Waals surface area contributed by atoms with Crippen LogP contribution in [0.1, 0.15) is 79.6 Å². The van der Waals surface area contributed by atoms with Gasteiger partial charge < -0.3 is 10.6 Å². The van der Waals surface area contributed by atoms with Gasteiger partial charge in [0.05, 0.1) is 0 Å².